The maximum Gasteiger partial charge on any atom is 0.251 e. The smallest absolute Gasteiger partial charge is 0.251 e. The fraction of sp³-hybridized carbons (Fsp3) is 0.111. The van der Waals surface area contributed by atoms with Crippen molar-refractivity contribution in [3.63, 3.8) is 0 Å². The van der Waals surface area contributed by atoms with Gasteiger partial charge in [-0.2, -0.15) is 5.10 Å². The van der Waals surface area contributed by atoms with E-state index in [4.69, 9.17) is 4.74 Å². The Hall–Kier alpha value is -3.28. The van der Waals surface area contributed by atoms with Crippen LogP contribution < -0.4 is 10.1 Å². The molecule has 0 radical (unpaired) electrons. The molecule has 1 amide bonds. The van der Waals surface area contributed by atoms with Crippen LogP contribution >= 0.6 is 0 Å². The van der Waals surface area contributed by atoms with Crippen molar-refractivity contribution in [2.24, 2.45) is 0 Å². The molecule has 0 bridgehead atoms. The number of benzene rings is 1. The molecular formula is C18H16N4O2. The molecule has 0 saturated carbocycles. The summed E-state index contributed by atoms with van der Waals surface area (Å²) < 4.78 is 5.58. The molecule has 6 heteroatoms. The zero-order chi connectivity index (χ0) is 16.8. The summed E-state index contributed by atoms with van der Waals surface area (Å²) in [5.41, 5.74) is 2.33. The highest BCUT2D eigenvalue weighted by atomic mass is 16.5. The Kier molecular flexibility index (Phi) is 4.76. The first-order valence-electron chi connectivity index (χ1n) is 7.46. The van der Waals surface area contributed by atoms with Crippen LogP contribution in [-0.2, 0) is 6.54 Å². The summed E-state index contributed by atoms with van der Waals surface area (Å²) in [5, 5.41) is 10.7. The zero-order valence-electron chi connectivity index (χ0n) is 13.1. The minimum absolute atomic E-state index is 0.152. The van der Waals surface area contributed by atoms with E-state index in [1.54, 1.807) is 42.7 Å². The van der Waals surface area contributed by atoms with E-state index >= 15 is 0 Å². The van der Waals surface area contributed by atoms with Gasteiger partial charge in [-0.1, -0.05) is 6.07 Å². The monoisotopic (exact) mass is 320 g/mol. The molecule has 0 aliphatic heterocycles. The van der Waals surface area contributed by atoms with Gasteiger partial charge in [-0.3, -0.25) is 9.78 Å². The van der Waals surface area contributed by atoms with Crippen LogP contribution in [0.25, 0.3) is 0 Å². The minimum atomic E-state index is -0.152. The number of aryl methyl sites for hydroxylation is 1. The Labute approximate surface area is 139 Å². The fourth-order valence-corrected chi connectivity index (χ4v) is 2.02. The quantitative estimate of drug-likeness (QED) is 0.782. The van der Waals surface area contributed by atoms with Gasteiger partial charge in [-0.25, -0.2) is 0 Å². The summed E-state index contributed by atoms with van der Waals surface area (Å²) in [4.78, 5) is 16.1. The molecule has 0 atom stereocenters. The summed E-state index contributed by atoms with van der Waals surface area (Å²) in [7, 11) is 0. The molecule has 1 N–H and O–H groups in total. The predicted octanol–water partition coefficient (Wildman–Crippen LogP) is 2.90. The van der Waals surface area contributed by atoms with Crippen LogP contribution in [0.5, 0.6) is 11.6 Å². The molecule has 0 saturated heterocycles. The lowest BCUT2D eigenvalue weighted by Crippen LogP contribution is -2.22. The molecule has 120 valence electrons. The molecule has 2 aromatic heterocycles. The number of rotatable bonds is 5. The third-order valence-electron chi connectivity index (χ3n) is 3.29. The zero-order valence-corrected chi connectivity index (χ0v) is 13.1. The number of hydrogen-bond donors (Lipinski definition) is 1. The average Bonchev–Trinajstić information content (AvgIpc) is 2.63. The largest absolute Gasteiger partial charge is 0.438 e. The van der Waals surface area contributed by atoms with Crippen molar-refractivity contribution in [1.82, 2.24) is 20.5 Å². The molecule has 0 spiro atoms. The van der Waals surface area contributed by atoms with E-state index in [1.165, 1.54) is 0 Å². The lowest BCUT2D eigenvalue weighted by molar-refractivity contribution is 0.0951. The van der Waals surface area contributed by atoms with E-state index in [9.17, 15) is 4.79 Å². The molecule has 1 aromatic carbocycles. The van der Waals surface area contributed by atoms with Crippen LogP contribution in [0, 0.1) is 6.92 Å². The van der Waals surface area contributed by atoms with E-state index in [0.29, 0.717) is 23.7 Å². The van der Waals surface area contributed by atoms with Crippen molar-refractivity contribution in [2.45, 2.75) is 13.5 Å². The Morgan fingerprint density at radius 1 is 1.08 bits per heavy atom. The topological polar surface area (TPSA) is 77.0 Å². The standard InChI is InChI=1S/C18H16N4O2/c1-13-4-9-17(22-21-13)24-16-7-5-15(6-8-16)18(23)20-12-14-3-2-10-19-11-14/h2-11H,12H2,1H3,(H,20,23). The van der Waals surface area contributed by atoms with Gasteiger partial charge in [0.25, 0.3) is 5.91 Å². The first-order chi connectivity index (χ1) is 11.7. The van der Waals surface area contributed by atoms with Crippen molar-refractivity contribution >= 4 is 5.91 Å². The number of carbonyl (C=O) groups excluding carboxylic acids is 1. The number of aromatic nitrogens is 3. The number of amides is 1. The van der Waals surface area contributed by atoms with Crippen molar-refractivity contribution < 1.29 is 9.53 Å². The molecule has 0 fully saturated rings. The molecule has 6 nitrogen and oxygen atoms in total. The van der Waals surface area contributed by atoms with Gasteiger partial charge in [0.15, 0.2) is 0 Å². The fourth-order valence-electron chi connectivity index (χ4n) is 2.02. The summed E-state index contributed by atoms with van der Waals surface area (Å²) in [5.74, 6) is 0.854. The van der Waals surface area contributed by atoms with Crippen molar-refractivity contribution in [3.05, 3.63) is 77.7 Å². The molecule has 0 aliphatic carbocycles. The summed E-state index contributed by atoms with van der Waals surface area (Å²) in [6, 6.07) is 14.2. The van der Waals surface area contributed by atoms with E-state index in [0.717, 1.165) is 11.3 Å². The number of hydrogen-bond acceptors (Lipinski definition) is 5. The highest BCUT2D eigenvalue weighted by Crippen LogP contribution is 2.19. The predicted molar refractivity (Wildman–Crippen MR) is 88.7 cm³/mol. The normalized spacial score (nSPS) is 10.2. The minimum Gasteiger partial charge on any atom is -0.438 e. The van der Waals surface area contributed by atoms with E-state index in [-0.39, 0.29) is 5.91 Å². The maximum absolute atomic E-state index is 12.1. The number of nitrogens with one attached hydrogen (secondary N) is 1. The van der Waals surface area contributed by atoms with E-state index in [1.807, 2.05) is 25.1 Å². The SMILES string of the molecule is Cc1ccc(Oc2ccc(C(=O)NCc3cccnc3)cc2)nn1. The highest BCUT2D eigenvalue weighted by Gasteiger charge is 2.06. The van der Waals surface area contributed by atoms with Crippen molar-refractivity contribution in [2.75, 3.05) is 0 Å². The van der Waals surface area contributed by atoms with Gasteiger partial charge in [0.2, 0.25) is 5.88 Å². The van der Waals surface area contributed by atoms with Crippen molar-refractivity contribution in [1.29, 1.82) is 0 Å². The average molecular weight is 320 g/mol. The third kappa shape index (κ3) is 4.13. The molecule has 2 heterocycles. The van der Waals surface area contributed by atoms with Crippen LogP contribution in [0.2, 0.25) is 0 Å². The van der Waals surface area contributed by atoms with Crippen LogP contribution in [0.3, 0.4) is 0 Å². The molecule has 24 heavy (non-hydrogen) atoms. The number of pyridine rings is 1. The number of ether oxygens (including phenoxy) is 1. The second-order valence-corrected chi connectivity index (χ2v) is 5.18. The van der Waals surface area contributed by atoms with Gasteiger partial charge in [0.05, 0.1) is 5.69 Å². The molecular weight excluding hydrogens is 304 g/mol. The van der Waals surface area contributed by atoms with Gasteiger partial charge >= 0.3 is 0 Å². The number of nitrogens with zero attached hydrogens (tertiary/aromatic N) is 3. The first kappa shape index (κ1) is 15.6. The summed E-state index contributed by atoms with van der Waals surface area (Å²) >= 11 is 0. The van der Waals surface area contributed by atoms with Gasteiger partial charge in [-0.15, -0.1) is 5.10 Å². The summed E-state index contributed by atoms with van der Waals surface area (Å²) in [6.07, 6.45) is 3.42. The van der Waals surface area contributed by atoms with Gasteiger partial charge in [0.1, 0.15) is 5.75 Å². The van der Waals surface area contributed by atoms with Crippen LogP contribution in [0.15, 0.2) is 60.9 Å². The van der Waals surface area contributed by atoms with E-state index in [2.05, 4.69) is 20.5 Å². The van der Waals surface area contributed by atoms with Gasteiger partial charge < -0.3 is 10.1 Å². The second-order valence-electron chi connectivity index (χ2n) is 5.18. The van der Waals surface area contributed by atoms with Gasteiger partial charge in [-0.05, 0) is 48.9 Å². The Balaban J connectivity index is 1.59. The Morgan fingerprint density at radius 3 is 2.58 bits per heavy atom. The second kappa shape index (κ2) is 7.32. The number of carbonyl (C=O) groups is 1. The van der Waals surface area contributed by atoms with Crippen LogP contribution in [-0.4, -0.2) is 21.1 Å². The molecule has 3 rings (SSSR count). The van der Waals surface area contributed by atoms with Crippen LogP contribution in [0.1, 0.15) is 21.6 Å². The summed E-state index contributed by atoms with van der Waals surface area (Å²) in [6.45, 7) is 2.29. The molecule has 0 aliphatic rings. The molecule has 3 aromatic rings. The molecule has 0 unspecified atom stereocenters. The van der Waals surface area contributed by atoms with Gasteiger partial charge in [0, 0.05) is 30.6 Å². The third-order valence-corrected chi connectivity index (χ3v) is 3.29. The highest BCUT2D eigenvalue weighted by molar-refractivity contribution is 5.94. The lowest BCUT2D eigenvalue weighted by Gasteiger charge is -2.07. The Morgan fingerprint density at radius 2 is 1.92 bits per heavy atom. The van der Waals surface area contributed by atoms with Crippen molar-refractivity contribution in [3.8, 4) is 11.6 Å². The van der Waals surface area contributed by atoms with Crippen LogP contribution in [0.4, 0.5) is 0 Å². The first-order valence-corrected chi connectivity index (χ1v) is 7.46. The van der Waals surface area contributed by atoms with E-state index < -0.39 is 0 Å². The maximum atomic E-state index is 12.1. The lowest BCUT2D eigenvalue weighted by atomic mass is 10.2. The Bertz CT molecular complexity index is 803.